The number of aliphatic hydroxyl groups is 1. The van der Waals surface area contributed by atoms with Crippen molar-refractivity contribution >= 4 is 45.5 Å². The van der Waals surface area contributed by atoms with E-state index in [2.05, 4.69) is 10.2 Å². The number of hydrogen-bond acceptors (Lipinski definition) is 7. The van der Waals surface area contributed by atoms with Crippen LogP contribution in [-0.2, 0) is 16.2 Å². The van der Waals surface area contributed by atoms with Gasteiger partial charge in [0.15, 0.2) is 0 Å². The number of amides is 1. The van der Waals surface area contributed by atoms with Crippen LogP contribution in [0.3, 0.4) is 0 Å². The Morgan fingerprint density at radius 2 is 1.78 bits per heavy atom. The number of rotatable bonds is 6. The van der Waals surface area contributed by atoms with Crippen LogP contribution in [0.15, 0.2) is 78.4 Å². The van der Waals surface area contributed by atoms with Gasteiger partial charge in [0, 0.05) is 10.6 Å². The van der Waals surface area contributed by atoms with Gasteiger partial charge in [0.1, 0.15) is 23.1 Å². The van der Waals surface area contributed by atoms with Crippen LogP contribution in [-0.4, -0.2) is 27.0 Å². The fourth-order valence-electron chi connectivity index (χ4n) is 4.20. The zero-order valence-corrected chi connectivity index (χ0v) is 21.6. The molecule has 3 aromatic carbocycles. The molecule has 9 heteroatoms. The Morgan fingerprint density at radius 3 is 2.46 bits per heavy atom. The molecule has 4 aromatic rings. The van der Waals surface area contributed by atoms with Crippen LogP contribution in [0.5, 0.6) is 5.75 Å². The summed E-state index contributed by atoms with van der Waals surface area (Å²) in [7, 11) is 0. The summed E-state index contributed by atoms with van der Waals surface area (Å²) in [6.07, 6.45) is 0. The lowest BCUT2D eigenvalue weighted by Crippen LogP contribution is -2.29. The smallest absolute Gasteiger partial charge is 0.301 e. The average Bonchev–Trinajstić information content (AvgIpc) is 3.43. The number of carbonyl (C=O) groups is 2. The van der Waals surface area contributed by atoms with Gasteiger partial charge in [-0.15, -0.1) is 10.2 Å². The number of nitrogens with zero attached hydrogens (tertiary/aromatic N) is 3. The lowest BCUT2D eigenvalue weighted by Gasteiger charge is -2.22. The Bertz CT molecular complexity index is 1530. The highest BCUT2D eigenvalue weighted by atomic mass is 35.5. The lowest BCUT2D eigenvalue weighted by molar-refractivity contribution is -0.132. The van der Waals surface area contributed by atoms with Gasteiger partial charge in [0.05, 0.1) is 11.6 Å². The van der Waals surface area contributed by atoms with E-state index in [-0.39, 0.29) is 16.5 Å². The summed E-state index contributed by atoms with van der Waals surface area (Å²) in [5, 5.41) is 20.7. The quantitative estimate of drug-likeness (QED) is 0.186. The van der Waals surface area contributed by atoms with Crippen molar-refractivity contribution in [2.45, 2.75) is 26.5 Å². The summed E-state index contributed by atoms with van der Waals surface area (Å²) < 4.78 is 5.90. The minimum Gasteiger partial charge on any atom is -0.507 e. The topological polar surface area (TPSA) is 92.6 Å². The number of anilines is 1. The van der Waals surface area contributed by atoms with Crippen molar-refractivity contribution in [3.05, 3.63) is 111 Å². The number of aryl methyl sites for hydroxylation is 2. The minimum atomic E-state index is -0.914. The number of ether oxygens (including phenoxy) is 1. The first-order valence-electron chi connectivity index (χ1n) is 11.5. The maximum absolute atomic E-state index is 13.2. The molecule has 0 unspecified atom stereocenters. The van der Waals surface area contributed by atoms with Crippen LogP contribution in [0.2, 0.25) is 5.02 Å². The lowest BCUT2D eigenvalue weighted by atomic mass is 9.95. The molecule has 1 atom stereocenters. The molecule has 0 bridgehead atoms. The molecule has 1 aliphatic heterocycles. The van der Waals surface area contributed by atoms with E-state index in [0.29, 0.717) is 33.5 Å². The third kappa shape index (κ3) is 4.85. The minimum absolute atomic E-state index is 0.0475. The van der Waals surface area contributed by atoms with E-state index in [0.717, 1.165) is 11.1 Å². The van der Waals surface area contributed by atoms with Crippen molar-refractivity contribution in [3.63, 3.8) is 0 Å². The van der Waals surface area contributed by atoms with E-state index in [1.807, 2.05) is 31.2 Å². The molecule has 0 radical (unpaired) electrons. The Labute approximate surface area is 222 Å². The van der Waals surface area contributed by atoms with E-state index in [1.165, 1.54) is 16.2 Å². The summed E-state index contributed by atoms with van der Waals surface area (Å²) in [6, 6.07) is 20.6. The molecule has 186 valence electrons. The molecular formula is C28H22ClN3O4S. The molecule has 1 amide bonds. The van der Waals surface area contributed by atoms with Gasteiger partial charge in [-0.25, -0.2) is 0 Å². The third-order valence-electron chi connectivity index (χ3n) is 6.11. The van der Waals surface area contributed by atoms with Crippen molar-refractivity contribution < 1.29 is 19.4 Å². The molecule has 2 heterocycles. The van der Waals surface area contributed by atoms with Crippen molar-refractivity contribution in [2.75, 3.05) is 4.90 Å². The number of aromatic nitrogens is 2. The van der Waals surface area contributed by atoms with Crippen LogP contribution in [0.4, 0.5) is 5.13 Å². The van der Waals surface area contributed by atoms with Gasteiger partial charge in [-0.1, -0.05) is 59.3 Å². The van der Waals surface area contributed by atoms with E-state index in [4.69, 9.17) is 16.3 Å². The van der Waals surface area contributed by atoms with E-state index >= 15 is 0 Å². The molecule has 37 heavy (non-hydrogen) atoms. The van der Waals surface area contributed by atoms with Crippen LogP contribution < -0.4 is 9.64 Å². The third-order valence-corrected chi connectivity index (χ3v) is 7.19. The van der Waals surface area contributed by atoms with Crippen LogP contribution in [0.1, 0.15) is 33.3 Å². The Balaban J connectivity index is 1.51. The van der Waals surface area contributed by atoms with Gasteiger partial charge in [-0.05, 0) is 66.9 Å². The monoisotopic (exact) mass is 531 g/mol. The summed E-state index contributed by atoms with van der Waals surface area (Å²) in [5.74, 6) is -1.29. The van der Waals surface area contributed by atoms with Crippen molar-refractivity contribution in [3.8, 4) is 5.75 Å². The standard InChI is InChI=1S/C28H22ClN3O4S/c1-16-6-3-4-7-20(16)15-36-22-12-10-18(11-13-22)25(33)23-24(19-8-5-9-21(29)14-19)32(27(35)26(23)34)28-31-30-17(2)37-28/h3-14,24,33H,15H2,1-2H3/b25-23+/t24-/m0/s1. The zero-order chi connectivity index (χ0) is 26.1. The maximum atomic E-state index is 13.2. The van der Waals surface area contributed by atoms with Crippen molar-refractivity contribution in [1.29, 1.82) is 0 Å². The molecule has 7 nitrogen and oxygen atoms in total. The SMILES string of the molecule is Cc1nnc(N2C(=O)C(=O)/C(=C(/O)c3ccc(OCc4ccccc4C)cc3)[C@@H]2c2cccc(Cl)c2)s1. The van der Waals surface area contributed by atoms with Crippen LogP contribution >= 0.6 is 22.9 Å². The highest BCUT2D eigenvalue weighted by molar-refractivity contribution is 7.15. The Morgan fingerprint density at radius 1 is 1.03 bits per heavy atom. The van der Waals surface area contributed by atoms with E-state index in [9.17, 15) is 14.7 Å². The summed E-state index contributed by atoms with van der Waals surface area (Å²) in [6.45, 7) is 4.18. The fourth-order valence-corrected chi connectivity index (χ4v) is 5.12. The number of Topliss-reactive ketones (excluding diaryl/α,β-unsaturated/α-hetero) is 1. The summed E-state index contributed by atoms with van der Waals surface area (Å²) in [4.78, 5) is 27.6. The highest BCUT2D eigenvalue weighted by Crippen LogP contribution is 2.43. The van der Waals surface area contributed by atoms with Crippen molar-refractivity contribution in [1.82, 2.24) is 10.2 Å². The first kappa shape index (κ1) is 24.7. The van der Waals surface area contributed by atoms with Gasteiger partial charge < -0.3 is 9.84 Å². The Hall–Kier alpha value is -4.01. The second-order valence-electron chi connectivity index (χ2n) is 8.57. The molecule has 1 fully saturated rings. The number of ketones is 1. The molecule has 1 aliphatic rings. The average molecular weight is 532 g/mol. The molecule has 0 spiro atoms. The number of halogens is 1. The van der Waals surface area contributed by atoms with Gasteiger partial charge in [-0.2, -0.15) is 0 Å². The van der Waals surface area contributed by atoms with Gasteiger partial charge in [-0.3, -0.25) is 14.5 Å². The van der Waals surface area contributed by atoms with E-state index in [1.54, 1.807) is 55.5 Å². The first-order valence-corrected chi connectivity index (χ1v) is 12.7. The van der Waals surface area contributed by atoms with Crippen LogP contribution in [0, 0.1) is 13.8 Å². The second-order valence-corrected chi connectivity index (χ2v) is 10.2. The largest absolute Gasteiger partial charge is 0.507 e. The molecule has 1 aromatic heterocycles. The number of benzene rings is 3. The summed E-state index contributed by atoms with van der Waals surface area (Å²) in [5.41, 5.74) is 3.10. The van der Waals surface area contributed by atoms with Gasteiger partial charge in [0.25, 0.3) is 5.78 Å². The predicted molar refractivity (Wildman–Crippen MR) is 143 cm³/mol. The van der Waals surface area contributed by atoms with Gasteiger partial charge >= 0.3 is 5.91 Å². The number of aliphatic hydroxyl groups excluding tert-OH is 1. The summed E-state index contributed by atoms with van der Waals surface area (Å²) >= 11 is 7.42. The number of hydrogen-bond donors (Lipinski definition) is 1. The fraction of sp³-hybridized carbons (Fsp3) is 0.143. The number of carbonyl (C=O) groups excluding carboxylic acids is 2. The second kappa shape index (κ2) is 10.2. The molecule has 1 N–H and O–H groups in total. The first-order chi connectivity index (χ1) is 17.8. The van der Waals surface area contributed by atoms with E-state index < -0.39 is 17.7 Å². The molecule has 0 aliphatic carbocycles. The molecule has 1 saturated heterocycles. The maximum Gasteiger partial charge on any atom is 0.301 e. The predicted octanol–water partition coefficient (Wildman–Crippen LogP) is 6.01. The molecular weight excluding hydrogens is 510 g/mol. The Kier molecular flexibility index (Phi) is 6.78. The normalized spacial score (nSPS) is 16.8. The van der Waals surface area contributed by atoms with Crippen LogP contribution in [0.25, 0.3) is 5.76 Å². The molecule has 0 saturated carbocycles. The highest BCUT2D eigenvalue weighted by Gasteiger charge is 2.48. The zero-order valence-electron chi connectivity index (χ0n) is 20.0. The van der Waals surface area contributed by atoms with Gasteiger partial charge in [0.2, 0.25) is 5.13 Å². The molecule has 5 rings (SSSR count). The van der Waals surface area contributed by atoms with Crippen molar-refractivity contribution in [2.24, 2.45) is 0 Å².